The topological polar surface area (TPSA) is 177 Å². The molecular formula is C34H52N3O9P. The highest BCUT2D eigenvalue weighted by Gasteiger charge is 2.37. The quantitative estimate of drug-likeness (QED) is 0.0338. The molecule has 0 heterocycles. The van der Waals surface area contributed by atoms with E-state index in [2.05, 4.69) is 6.92 Å². The molecule has 2 rings (SSSR count). The van der Waals surface area contributed by atoms with Gasteiger partial charge in [0.1, 0.15) is 0 Å². The maximum absolute atomic E-state index is 14.0. The number of aliphatic hydroxyl groups is 1. The van der Waals surface area contributed by atoms with E-state index in [1.165, 1.54) is 108 Å². The third kappa shape index (κ3) is 14.8. The summed E-state index contributed by atoms with van der Waals surface area (Å²) in [6.07, 6.45) is 14.5. The smallest absolute Gasteiger partial charge is 0.387 e. The standard InChI is InChI=1S/C34H52N3O9P/c1-4-5-6-7-8-9-10-11-12-13-14-15-16-25-34(38)31(35)26-44-47(43,45-27(2)29-21-17-19-23-32(29)36(39)40)46-28(3)30-22-18-20-24-33(30)37(41)42/h16-25,27-28,31,34,38H,4-15,26,35H2,1-3H3/b25-16+/t27-,28+,31-,34+,47?/m0/s1. The fraction of sp³-hybridized carbons (Fsp3) is 0.588. The van der Waals surface area contributed by atoms with Gasteiger partial charge >= 0.3 is 7.82 Å². The lowest BCUT2D eigenvalue weighted by Crippen LogP contribution is -2.37. The third-order valence-corrected chi connectivity index (χ3v) is 9.50. The Morgan fingerprint density at radius 1 is 0.787 bits per heavy atom. The van der Waals surface area contributed by atoms with E-state index < -0.39 is 48.6 Å². The lowest BCUT2D eigenvalue weighted by molar-refractivity contribution is -0.386. The highest BCUT2D eigenvalue weighted by molar-refractivity contribution is 7.48. The molecule has 1 unspecified atom stereocenters. The third-order valence-electron chi connectivity index (χ3n) is 7.89. The minimum atomic E-state index is -4.58. The highest BCUT2D eigenvalue weighted by atomic mass is 31.2. The Morgan fingerprint density at radius 3 is 1.66 bits per heavy atom. The molecule has 262 valence electrons. The van der Waals surface area contributed by atoms with E-state index in [4.69, 9.17) is 19.3 Å². The fourth-order valence-electron chi connectivity index (χ4n) is 5.16. The summed E-state index contributed by atoms with van der Waals surface area (Å²) < 4.78 is 31.0. The summed E-state index contributed by atoms with van der Waals surface area (Å²) in [6.45, 7) is 4.67. The van der Waals surface area contributed by atoms with Crippen molar-refractivity contribution in [3.8, 4) is 0 Å². The summed E-state index contributed by atoms with van der Waals surface area (Å²) in [4.78, 5) is 22.0. The largest absolute Gasteiger partial charge is 0.476 e. The monoisotopic (exact) mass is 677 g/mol. The van der Waals surface area contributed by atoms with Crippen molar-refractivity contribution in [3.05, 3.63) is 92.0 Å². The molecule has 0 radical (unpaired) electrons. The van der Waals surface area contributed by atoms with E-state index in [1.54, 1.807) is 18.2 Å². The number of nitro groups is 2. The van der Waals surface area contributed by atoms with E-state index in [9.17, 15) is 29.9 Å². The van der Waals surface area contributed by atoms with Crippen molar-refractivity contribution in [1.82, 2.24) is 0 Å². The summed E-state index contributed by atoms with van der Waals surface area (Å²) in [5.41, 5.74) is 5.88. The van der Waals surface area contributed by atoms with E-state index >= 15 is 0 Å². The number of unbranched alkanes of at least 4 members (excludes halogenated alkanes) is 11. The molecule has 0 saturated carbocycles. The summed E-state index contributed by atoms with van der Waals surface area (Å²) in [7, 11) is -4.58. The minimum absolute atomic E-state index is 0.123. The van der Waals surface area contributed by atoms with Crippen molar-refractivity contribution >= 4 is 19.2 Å². The number of phosphoric ester groups is 1. The van der Waals surface area contributed by atoms with E-state index in [0.717, 1.165) is 19.3 Å². The highest BCUT2D eigenvalue weighted by Crippen LogP contribution is 2.57. The SMILES string of the molecule is CCCCCCCCCCCCC/C=C/[C@@H](O)[C@@H](N)COP(=O)(O[C@@H](C)c1ccccc1[N+](=O)[O-])O[C@H](C)c1ccccc1[N+](=O)[O-]. The Labute approximate surface area is 278 Å². The molecule has 12 nitrogen and oxygen atoms in total. The van der Waals surface area contributed by atoms with Crippen molar-refractivity contribution in [2.75, 3.05) is 6.61 Å². The first-order valence-electron chi connectivity index (χ1n) is 16.7. The molecule has 5 atom stereocenters. The van der Waals surface area contributed by atoms with Crippen LogP contribution in [-0.4, -0.2) is 33.7 Å². The Kier molecular flexibility index (Phi) is 18.6. The van der Waals surface area contributed by atoms with Crippen molar-refractivity contribution in [3.63, 3.8) is 0 Å². The number of nitrogens with two attached hydrogens (primary N) is 1. The molecule has 2 aromatic rings. The number of hydrogen-bond donors (Lipinski definition) is 2. The average molecular weight is 678 g/mol. The van der Waals surface area contributed by atoms with Gasteiger partial charge < -0.3 is 10.8 Å². The van der Waals surface area contributed by atoms with E-state index in [-0.39, 0.29) is 22.5 Å². The number of para-hydroxylation sites is 2. The first kappa shape index (κ1) is 40.2. The average Bonchev–Trinajstić information content (AvgIpc) is 3.05. The van der Waals surface area contributed by atoms with Crippen molar-refractivity contribution < 1.29 is 33.1 Å². The summed E-state index contributed by atoms with van der Waals surface area (Å²) in [6, 6.07) is 10.6. The van der Waals surface area contributed by atoms with Gasteiger partial charge in [-0.15, -0.1) is 0 Å². The van der Waals surface area contributed by atoms with Crippen LogP contribution in [0.1, 0.15) is 121 Å². The maximum Gasteiger partial charge on any atom is 0.476 e. The molecule has 0 bridgehead atoms. The molecule has 0 aliphatic heterocycles. The predicted molar refractivity (Wildman–Crippen MR) is 183 cm³/mol. The molecule has 2 aromatic carbocycles. The predicted octanol–water partition coefficient (Wildman–Crippen LogP) is 9.43. The van der Waals surface area contributed by atoms with Crippen LogP contribution in [0.3, 0.4) is 0 Å². The zero-order valence-electron chi connectivity index (χ0n) is 27.9. The van der Waals surface area contributed by atoms with Crippen LogP contribution >= 0.6 is 7.82 Å². The molecule has 0 aliphatic carbocycles. The molecule has 0 aromatic heterocycles. The van der Waals surface area contributed by atoms with Crippen LogP contribution in [-0.2, 0) is 18.1 Å². The van der Waals surface area contributed by atoms with Crippen LogP contribution in [0.5, 0.6) is 0 Å². The Morgan fingerprint density at radius 2 is 1.21 bits per heavy atom. The molecule has 0 amide bonds. The van der Waals surface area contributed by atoms with Crippen LogP contribution in [0.15, 0.2) is 60.7 Å². The Hall–Kier alpha value is -2.99. The van der Waals surface area contributed by atoms with E-state index in [0.29, 0.717) is 0 Å². The van der Waals surface area contributed by atoms with Gasteiger partial charge in [-0.2, -0.15) is 0 Å². The molecule has 0 saturated heterocycles. The zero-order valence-corrected chi connectivity index (χ0v) is 28.8. The van der Waals surface area contributed by atoms with Gasteiger partial charge in [0.25, 0.3) is 11.4 Å². The first-order chi connectivity index (χ1) is 22.5. The second-order valence-electron chi connectivity index (χ2n) is 11.8. The van der Waals surface area contributed by atoms with Gasteiger partial charge in [-0.1, -0.05) is 108 Å². The number of phosphoric acid groups is 1. The second-order valence-corrected chi connectivity index (χ2v) is 13.4. The van der Waals surface area contributed by atoms with Crippen molar-refractivity contribution in [2.45, 2.75) is 122 Å². The number of nitrogens with zero attached hydrogens (tertiary/aromatic N) is 2. The molecule has 0 aliphatic rings. The Balaban J connectivity index is 1.98. The van der Waals surface area contributed by atoms with Gasteiger partial charge in [0, 0.05) is 12.1 Å². The second kappa shape index (κ2) is 21.8. The van der Waals surface area contributed by atoms with Gasteiger partial charge in [0.05, 0.1) is 51.9 Å². The van der Waals surface area contributed by atoms with Gasteiger partial charge in [-0.05, 0) is 38.8 Å². The summed E-state index contributed by atoms with van der Waals surface area (Å²) in [5, 5.41) is 33.8. The zero-order chi connectivity index (χ0) is 34.7. The number of allylic oxidation sites excluding steroid dienone is 1. The summed E-state index contributed by atoms with van der Waals surface area (Å²) in [5.74, 6) is 0. The van der Waals surface area contributed by atoms with Crippen LogP contribution in [0.2, 0.25) is 0 Å². The van der Waals surface area contributed by atoms with Gasteiger partial charge in [0.2, 0.25) is 0 Å². The molecule has 47 heavy (non-hydrogen) atoms. The fourth-order valence-corrected chi connectivity index (χ4v) is 6.69. The van der Waals surface area contributed by atoms with E-state index in [1.807, 2.05) is 6.08 Å². The molecular weight excluding hydrogens is 625 g/mol. The molecule has 0 fully saturated rings. The molecule has 0 spiro atoms. The minimum Gasteiger partial charge on any atom is -0.387 e. The molecule has 13 heteroatoms. The summed E-state index contributed by atoms with van der Waals surface area (Å²) >= 11 is 0. The van der Waals surface area contributed by atoms with Crippen molar-refractivity contribution in [1.29, 1.82) is 0 Å². The number of aliphatic hydroxyl groups excluding tert-OH is 1. The van der Waals surface area contributed by atoms with Crippen molar-refractivity contribution in [2.24, 2.45) is 5.73 Å². The van der Waals surface area contributed by atoms with Gasteiger partial charge in [0.15, 0.2) is 0 Å². The maximum atomic E-state index is 14.0. The van der Waals surface area contributed by atoms with Gasteiger partial charge in [-0.3, -0.25) is 33.8 Å². The number of nitro benzene ring substituents is 2. The van der Waals surface area contributed by atoms with Gasteiger partial charge in [-0.25, -0.2) is 4.57 Å². The number of rotatable bonds is 25. The van der Waals surface area contributed by atoms with Crippen LogP contribution in [0, 0.1) is 20.2 Å². The normalized spacial score (nSPS) is 15.6. The van der Waals surface area contributed by atoms with Crippen LogP contribution in [0.4, 0.5) is 11.4 Å². The van der Waals surface area contributed by atoms with Crippen LogP contribution in [0.25, 0.3) is 0 Å². The molecule has 3 N–H and O–H groups in total. The Bertz CT molecular complexity index is 1240. The number of benzene rings is 2. The lowest BCUT2D eigenvalue weighted by atomic mass is 10.0. The lowest BCUT2D eigenvalue weighted by Gasteiger charge is -2.26. The van der Waals surface area contributed by atoms with Crippen LogP contribution < -0.4 is 5.73 Å². The first-order valence-corrected chi connectivity index (χ1v) is 18.1. The number of hydrogen-bond acceptors (Lipinski definition) is 10.